The Morgan fingerprint density at radius 1 is 0.333 bits per heavy atom. The van der Waals surface area contributed by atoms with Gasteiger partial charge >= 0.3 is 0 Å². The molecule has 2 heterocycles. The number of pyridine rings is 1. The summed E-state index contributed by atoms with van der Waals surface area (Å²) >= 11 is 0. The van der Waals surface area contributed by atoms with E-state index in [1.165, 1.54) is 82.2 Å². The molecular weight excluding hydrogens is 727 g/mol. The van der Waals surface area contributed by atoms with Gasteiger partial charge in [0.2, 0.25) is 0 Å². The quantitative estimate of drug-likeness (QED) is 0.162. The molecule has 11 rings (SSSR count). The number of hydrogen-bond donors (Lipinski definition) is 0. The van der Waals surface area contributed by atoms with Crippen LogP contribution in [0.15, 0.2) is 200 Å². The molecule has 2 aromatic heterocycles. The molecule has 2 aliphatic carbocycles. The van der Waals surface area contributed by atoms with Crippen molar-refractivity contribution >= 4 is 0 Å². The minimum absolute atomic E-state index is 0.148. The van der Waals surface area contributed by atoms with Gasteiger partial charge in [-0.05, 0) is 110 Å². The normalized spacial score (nSPS) is 13.8. The lowest BCUT2D eigenvalue weighted by Crippen LogP contribution is -2.28. The van der Waals surface area contributed by atoms with Crippen LogP contribution in [0.3, 0.4) is 0 Å². The Labute approximate surface area is 352 Å². The number of hydrogen-bond acceptors (Lipinski definition) is 3. The molecule has 1 saturated carbocycles. The summed E-state index contributed by atoms with van der Waals surface area (Å²) in [6.07, 6.45) is 10.1. The molecule has 0 radical (unpaired) electrons. The van der Waals surface area contributed by atoms with Crippen LogP contribution in [0.25, 0.3) is 89.5 Å². The zero-order chi connectivity index (χ0) is 39.9. The van der Waals surface area contributed by atoms with Gasteiger partial charge in [0.1, 0.15) is 0 Å². The Hall–Kier alpha value is -7.23. The molecule has 0 amide bonds. The molecule has 0 saturated heterocycles. The van der Waals surface area contributed by atoms with E-state index in [0.29, 0.717) is 5.82 Å². The van der Waals surface area contributed by atoms with Gasteiger partial charge in [-0.3, -0.25) is 4.98 Å². The van der Waals surface area contributed by atoms with E-state index in [9.17, 15) is 0 Å². The molecule has 0 N–H and O–H groups in total. The summed E-state index contributed by atoms with van der Waals surface area (Å²) in [7, 11) is 0. The van der Waals surface area contributed by atoms with Gasteiger partial charge in [0.05, 0.1) is 11.4 Å². The second-order valence-electron chi connectivity index (χ2n) is 16.3. The average Bonchev–Trinajstić information content (AvgIpc) is 3.60. The van der Waals surface area contributed by atoms with Gasteiger partial charge in [-0.15, -0.1) is 0 Å². The van der Waals surface area contributed by atoms with Crippen LogP contribution in [-0.4, -0.2) is 15.0 Å². The molecule has 1 fully saturated rings. The lowest BCUT2D eigenvalue weighted by atomic mass is 9.67. The Kier molecular flexibility index (Phi) is 9.08. The van der Waals surface area contributed by atoms with Gasteiger partial charge in [0, 0.05) is 34.5 Å². The highest BCUT2D eigenvalue weighted by Gasteiger charge is 2.43. The van der Waals surface area contributed by atoms with Crippen molar-refractivity contribution in [1.82, 2.24) is 15.0 Å². The van der Waals surface area contributed by atoms with Crippen LogP contribution >= 0.6 is 0 Å². The lowest BCUT2D eigenvalue weighted by Gasteiger charge is -2.36. The molecule has 2 aliphatic rings. The van der Waals surface area contributed by atoms with E-state index >= 15 is 0 Å². The second kappa shape index (κ2) is 15.2. The molecule has 286 valence electrons. The maximum absolute atomic E-state index is 5.09. The number of fused-ring (bicyclic) bond motifs is 5. The average molecular weight is 770 g/mol. The van der Waals surface area contributed by atoms with E-state index < -0.39 is 0 Å². The number of nitrogens with zero attached hydrogens (tertiary/aromatic N) is 3. The van der Waals surface area contributed by atoms with Crippen LogP contribution < -0.4 is 0 Å². The monoisotopic (exact) mass is 769 g/mol. The van der Waals surface area contributed by atoms with Crippen molar-refractivity contribution in [3.63, 3.8) is 0 Å². The van der Waals surface area contributed by atoms with Gasteiger partial charge in [-0.1, -0.05) is 177 Å². The van der Waals surface area contributed by atoms with Gasteiger partial charge < -0.3 is 0 Å². The van der Waals surface area contributed by atoms with Crippen LogP contribution in [0.2, 0.25) is 0 Å². The Morgan fingerprint density at radius 3 is 1.47 bits per heavy atom. The van der Waals surface area contributed by atoms with Crippen LogP contribution in [0.4, 0.5) is 0 Å². The maximum Gasteiger partial charge on any atom is 0.160 e. The third-order valence-corrected chi connectivity index (χ3v) is 12.8. The van der Waals surface area contributed by atoms with E-state index in [0.717, 1.165) is 44.8 Å². The molecule has 60 heavy (non-hydrogen) atoms. The maximum atomic E-state index is 5.09. The van der Waals surface area contributed by atoms with Gasteiger partial charge in [0.25, 0.3) is 0 Å². The van der Waals surface area contributed by atoms with Crippen LogP contribution in [-0.2, 0) is 5.41 Å². The van der Waals surface area contributed by atoms with Crippen molar-refractivity contribution in [2.45, 2.75) is 37.5 Å². The Balaban J connectivity index is 0.891. The molecule has 0 aliphatic heterocycles. The lowest BCUT2D eigenvalue weighted by molar-refractivity contribution is 0.353. The van der Waals surface area contributed by atoms with Crippen molar-refractivity contribution in [2.24, 2.45) is 0 Å². The first-order valence-corrected chi connectivity index (χ1v) is 21.2. The fourth-order valence-electron chi connectivity index (χ4n) is 9.75. The molecule has 0 bridgehead atoms. The van der Waals surface area contributed by atoms with E-state index in [4.69, 9.17) is 9.97 Å². The molecule has 9 aromatic rings. The van der Waals surface area contributed by atoms with Crippen LogP contribution in [0.5, 0.6) is 0 Å². The van der Waals surface area contributed by atoms with Crippen LogP contribution in [0.1, 0.15) is 43.2 Å². The molecule has 7 aromatic carbocycles. The summed E-state index contributed by atoms with van der Waals surface area (Å²) in [6.45, 7) is 0. The summed E-state index contributed by atoms with van der Waals surface area (Å²) in [5, 5.41) is 0. The first-order valence-electron chi connectivity index (χ1n) is 21.2. The molecule has 0 atom stereocenters. The van der Waals surface area contributed by atoms with E-state index in [2.05, 4.69) is 169 Å². The zero-order valence-electron chi connectivity index (χ0n) is 33.4. The fourth-order valence-corrected chi connectivity index (χ4v) is 9.75. The molecule has 3 nitrogen and oxygen atoms in total. The largest absolute Gasteiger partial charge is 0.264 e. The molecule has 1 spiro atoms. The predicted octanol–water partition coefficient (Wildman–Crippen LogP) is 14.8. The highest BCUT2D eigenvalue weighted by atomic mass is 14.9. The molecule has 3 heteroatoms. The third-order valence-electron chi connectivity index (χ3n) is 12.8. The summed E-state index contributed by atoms with van der Waals surface area (Å²) in [5.74, 6) is 0.705. The first kappa shape index (κ1) is 35.9. The second-order valence-corrected chi connectivity index (χ2v) is 16.3. The third kappa shape index (κ3) is 6.53. The predicted molar refractivity (Wildman–Crippen MR) is 247 cm³/mol. The molecule has 0 unspecified atom stereocenters. The van der Waals surface area contributed by atoms with Crippen molar-refractivity contribution in [3.8, 4) is 89.5 Å². The van der Waals surface area contributed by atoms with Crippen LogP contribution in [0, 0.1) is 0 Å². The minimum atomic E-state index is 0.148. The summed E-state index contributed by atoms with van der Waals surface area (Å²) in [4.78, 5) is 14.4. The van der Waals surface area contributed by atoms with E-state index in [1.807, 2.05) is 30.5 Å². The van der Waals surface area contributed by atoms with Crippen molar-refractivity contribution < 1.29 is 0 Å². The summed E-state index contributed by atoms with van der Waals surface area (Å²) in [5.41, 5.74) is 20.4. The van der Waals surface area contributed by atoms with Crippen molar-refractivity contribution in [2.75, 3.05) is 0 Å². The van der Waals surface area contributed by atoms with Gasteiger partial charge in [-0.2, -0.15) is 0 Å². The SMILES string of the molecule is c1ccc(-c2nc(-c3ccc(-c4cccnc4)cc3)cc(-c3ccc(-c4cccc(-c5cccc(-c6ccc7c(c6)C6(CCCCC6)c6ccccc6-7)c5)c4)cc3)n2)cc1. The van der Waals surface area contributed by atoms with E-state index in [1.54, 1.807) is 6.20 Å². The molecular formula is C57H43N3. The number of rotatable bonds is 7. The number of benzene rings is 7. The van der Waals surface area contributed by atoms with Gasteiger partial charge in [0.15, 0.2) is 5.82 Å². The Morgan fingerprint density at radius 2 is 0.833 bits per heavy atom. The first-order chi connectivity index (χ1) is 29.7. The summed E-state index contributed by atoms with van der Waals surface area (Å²) < 4.78 is 0. The highest BCUT2D eigenvalue weighted by Crippen LogP contribution is 2.56. The Bertz CT molecular complexity index is 2980. The van der Waals surface area contributed by atoms with Gasteiger partial charge in [-0.25, -0.2) is 9.97 Å². The standard InChI is InChI=1S/C57H43N3/c1-3-12-43(13-4-1)56-59-54(37-55(60-56)42-27-23-40(24-28-42)49-18-11-33-58-38-49)41-25-21-39(22-26-41)44-14-9-15-45(34-44)46-16-10-17-47(35-46)48-29-30-51-50-19-5-6-20-52(50)57(53(51)36-48)31-7-2-8-32-57/h1,3-6,9-30,33-38H,2,7-8,31-32H2. The van der Waals surface area contributed by atoms with Crippen molar-refractivity contribution in [3.05, 3.63) is 212 Å². The summed E-state index contributed by atoms with van der Waals surface area (Å²) in [6, 6.07) is 68.1. The smallest absolute Gasteiger partial charge is 0.160 e. The van der Waals surface area contributed by atoms with Crippen molar-refractivity contribution in [1.29, 1.82) is 0 Å². The topological polar surface area (TPSA) is 38.7 Å². The fraction of sp³-hybridized carbons (Fsp3) is 0.105. The number of aromatic nitrogens is 3. The zero-order valence-corrected chi connectivity index (χ0v) is 33.4. The highest BCUT2D eigenvalue weighted by molar-refractivity contribution is 5.85. The van der Waals surface area contributed by atoms with E-state index in [-0.39, 0.29) is 5.41 Å². The minimum Gasteiger partial charge on any atom is -0.264 e.